The highest BCUT2D eigenvalue weighted by atomic mass is 19.4. The van der Waals surface area contributed by atoms with Crippen LogP contribution >= 0.6 is 0 Å². The Hall–Kier alpha value is -3.17. The molecule has 0 atom stereocenters. The summed E-state index contributed by atoms with van der Waals surface area (Å²) >= 11 is 0. The van der Waals surface area contributed by atoms with E-state index in [9.17, 15) is 27.2 Å². The van der Waals surface area contributed by atoms with E-state index in [1.54, 1.807) is 0 Å². The van der Waals surface area contributed by atoms with Gasteiger partial charge in [-0.05, 0) is 30.7 Å². The second-order valence-corrected chi connectivity index (χ2v) is 5.72. The molecule has 0 fully saturated rings. The first kappa shape index (κ1) is 21.1. The Bertz CT molecular complexity index is 810. The van der Waals surface area contributed by atoms with E-state index >= 15 is 0 Å². The van der Waals surface area contributed by atoms with E-state index in [1.165, 1.54) is 24.3 Å². The number of hydrogen-bond acceptors (Lipinski definition) is 4. The van der Waals surface area contributed by atoms with Crippen molar-refractivity contribution in [2.75, 3.05) is 25.0 Å². The predicted molar refractivity (Wildman–Crippen MR) is 94.1 cm³/mol. The molecule has 150 valence electrons. The number of halogens is 4. The third-order valence-electron chi connectivity index (χ3n) is 3.60. The molecular weight excluding hydrogens is 380 g/mol. The molecule has 0 aliphatic heterocycles. The highest BCUT2D eigenvalue weighted by Crippen LogP contribution is 2.28. The molecule has 0 saturated carbocycles. The minimum Gasteiger partial charge on any atom is -0.370 e. The van der Waals surface area contributed by atoms with Crippen molar-refractivity contribution in [2.45, 2.75) is 12.6 Å². The maximum Gasteiger partial charge on any atom is 0.417 e. The first-order chi connectivity index (χ1) is 13.3. The Labute approximate surface area is 158 Å². The van der Waals surface area contributed by atoms with E-state index in [0.717, 1.165) is 18.3 Å². The number of nitrogens with one attached hydrogen (secondary N) is 3. The first-order valence-corrected chi connectivity index (χ1v) is 8.34. The van der Waals surface area contributed by atoms with E-state index in [4.69, 9.17) is 0 Å². The van der Waals surface area contributed by atoms with Crippen molar-refractivity contribution in [3.8, 4) is 0 Å². The molecular formula is C18H18F4N4O2. The molecule has 0 saturated heterocycles. The molecule has 10 heteroatoms. The average Bonchev–Trinajstić information content (AvgIpc) is 2.66. The predicted octanol–water partition coefficient (Wildman–Crippen LogP) is 2.59. The lowest BCUT2D eigenvalue weighted by Crippen LogP contribution is -2.37. The third-order valence-corrected chi connectivity index (χ3v) is 3.60. The van der Waals surface area contributed by atoms with Crippen molar-refractivity contribution >= 4 is 17.6 Å². The SMILES string of the molecule is O=C(CNC(=O)c1ccccc1F)NCCCNc1ccc(C(F)(F)F)cn1. The molecule has 2 rings (SSSR count). The van der Waals surface area contributed by atoms with E-state index < -0.39 is 29.4 Å². The molecule has 0 aliphatic rings. The molecule has 1 heterocycles. The van der Waals surface area contributed by atoms with Crippen LogP contribution in [0, 0.1) is 5.82 Å². The van der Waals surface area contributed by atoms with E-state index in [0.29, 0.717) is 13.0 Å². The van der Waals surface area contributed by atoms with Crippen LogP contribution in [0.1, 0.15) is 22.3 Å². The van der Waals surface area contributed by atoms with Crippen molar-refractivity contribution < 1.29 is 27.2 Å². The van der Waals surface area contributed by atoms with Gasteiger partial charge in [-0.15, -0.1) is 0 Å². The highest BCUT2D eigenvalue weighted by Gasteiger charge is 2.30. The maximum absolute atomic E-state index is 13.4. The Morgan fingerprint density at radius 2 is 1.75 bits per heavy atom. The van der Waals surface area contributed by atoms with Crippen LogP contribution in [0.15, 0.2) is 42.6 Å². The number of carbonyl (C=O) groups excluding carboxylic acids is 2. The van der Waals surface area contributed by atoms with Crippen LogP contribution in [0.5, 0.6) is 0 Å². The largest absolute Gasteiger partial charge is 0.417 e. The summed E-state index contributed by atoms with van der Waals surface area (Å²) < 4.78 is 50.7. The second kappa shape index (κ2) is 9.67. The monoisotopic (exact) mass is 398 g/mol. The van der Waals surface area contributed by atoms with Gasteiger partial charge < -0.3 is 16.0 Å². The molecule has 2 amide bonds. The summed E-state index contributed by atoms with van der Waals surface area (Å²) in [7, 11) is 0. The molecule has 1 aromatic heterocycles. The van der Waals surface area contributed by atoms with Gasteiger partial charge in [-0.1, -0.05) is 12.1 Å². The lowest BCUT2D eigenvalue weighted by Gasteiger charge is -2.09. The van der Waals surface area contributed by atoms with Gasteiger partial charge in [0.2, 0.25) is 5.91 Å². The number of anilines is 1. The zero-order chi connectivity index (χ0) is 20.6. The Morgan fingerprint density at radius 1 is 1.00 bits per heavy atom. The van der Waals surface area contributed by atoms with Crippen LogP contribution < -0.4 is 16.0 Å². The van der Waals surface area contributed by atoms with Crippen LogP contribution in [0.2, 0.25) is 0 Å². The average molecular weight is 398 g/mol. The number of carbonyl (C=O) groups is 2. The zero-order valence-electron chi connectivity index (χ0n) is 14.6. The molecule has 0 spiro atoms. The second-order valence-electron chi connectivity index (χ2n) is 5.72. The summed E-state index contributed by atoms with van der Waals surface area (Å²) in [4.78, 5) is 27.1. The molecule has 28 heavy (non-hydrogen) atoms. The molecule has 2 aromatic rings. The van der Waals surface area contributed by atoms with Crippen molar-refractivity contribution in [3.05, 3.63) is 59.5 Å². The van der Waals surface area contributed by atoms with Gasteiger partial charge in [-0.3, -0.25) is 9.59 Å². The summed E-state index contributed by atoms with van der Waals surface area (Å²) in [5.41, 5.74) is -0.980. The van der Waals surface area contributed by atoms with Crippen LogP contribution in [0.4, 0.5) is 23.4 Å². The minimum absolute atomic E-state index is 0.149. The fourth-order valence-electron chi connectivity index (χ4n) is 2.16. The quantitative estimate of drug-likeness (QED) is 0.472. The van der Waals surface area contributed by atoms with Crippen molar-refractivity contribution in [1.29, 1.82) is 0 Å². The maximum atomic E-state index is 13.4. The minimum atomic E-state index is -4.43. The van der Waals surface area contributed by atoms with Gasteiger partial charge in [-0.25, -0.2) is 9.37 Å². The van der Waals surface area contributed by atoms with Crippen LogP contribution in [-0.2, 0) is 11.0 Å². The molecule has 0 unspecified atom stereocenters. The van der Waals surface area contributed by atoms with Gasteiger partial charge in [0.1, 0.15) is 11.6 Å². The van der Waals surface area contributed by atoms with Crippen molar-refractivity contribution in [2.24, 2.45) is 0 Å². The fourth-order valence-corrected chi connectivity index (χ4v) is 2.16. The Kier molecular flexibility index (Phi) is 7.30. The van der Waals surface area contributed by atoms with Gasteiger partial charge in [0.05, 0.1) is 17.7 Å². The fraction of sp³-hybridized carbons (Fsp3) is 0.278. The third kappa shape index (κ3) is 6.53. The van der Waals surface area contributed by atoms with E-state index in [2.05, 4.69) is 20.9 Å². The molecule has 1 aromatic carbocycles. The number of amides is 2. The number of aromatic nitrogens is 1. The molecule has 0 aliphatic carbocycles. The summed E-state index contributed by atoms with van der Waals surface area (Å²) in [6.07, 6.45) is -3.21. The topological polar surface area (TPSA) is 83.1 Å². The molecule has 3 N–H and O–H groups in total. The van der Waals surface area contributed by atoms with Crippen molar-refractivity contribution in [3.63, 3.8) is 0 Å². The molecule has 0 bridgehead atoms. The normalized spacial score (nSPS) is 11.0. The number of nitrogens with zero attached hydrogens (tertiary/aromatic N) is 1. The highest BCUT2D eigenvalue weighted by molar-refractivity contribution is 5.96. The number of pyridine rings is 1. The number of alkyl halides is 3. The van der Waals surface area contributed by atoms with Crippen LogP contribution in [-0.4, -0.2) is 36.4 Å². The lowest BCUT2D eigenvalue weighted by atomic mass is 10.2. The Balaban J connectivity index is 1.62. The smallest absolute Gasteiger partial charge is 0.370 e. The molecule has 0 radical (unpaired) electrons. The van der Waals surface area contributed by atoms with E-state index in [-0.39, 0.29) is 24.5 Å². The van der Waals surface area contributed by atoms with Gasteiger partial charge >= 0.3 is 6.18 Å². The summed E-state index contributed by atoms with van der Waals surface area (Å²) in [6, 6.07) is 7.57. The number of benzene rings is 1. The van der Waals surface area contributed by atoms with Crippen LogP contribution in [0.25, 0.3) is 0 Å². The lowest BCUT2D eigenvalue weighted by molar-refractivity contribution is -0.137. The van der Waals surface area contributed by atoms with Crippen molar-refractivity contribution in [1.82, 2.24) is 15.6 Å². The standard InChI is InChI=1S/C18H18F4N4O2/c19-14-5-2-1-4-13(14)17(28)26-11-16(27)24-9-3-8-23-15-7-6-12(10-25-15)18(20,21)22/h1-2,4-7,10H,3,8-9,11H2,(H,23,25)(H,24,27)(H,26,28). The summed E-state index contributed by atoms with van der Waals surface area (Å²) in [5.74, 6) is -1.53. The van der Waals surface area contributed by atoms with Crippen LogP contribution in [0.3, 0.4) is 0 Å². The zero-order valence-corrected chi connectivity index (χ0v) is 14.6. The Morgan fingerprint density at radius 3 is 2.39 bits per heavy atom. The van der Waals surface area contributed by atoms with Gasteiger partial charge in [0.15, 0.2) is 0 Å². The number of hydrogen-bond donors (Lipinski definition) is 3. The first-order valence-electron chi connectivity index (χ1n) is 8.34. The summed E-state index contributed by atoms with van der Waals surface area (Å²) in [6.45, 7) is 0.351. The number of rotatable bonds is 8. The molecule has 6 nitrogen and oxygen atoms in total. The van der Waals surface area contributed by atoms with E-state index in [1.807, 2.05) is 0 Å². The van der Waals surface area contributed by atoms with Gasteiger partial charge in [0, 0.05) is 19.3 Å². The van der Waals surface area contributed by atoms with Gasteiger partial charge in [0.25, 0.3) is 5.91 Å². The van der Waals surface area contributed by atoms with Gasteiger partial charge in [-0.2, -0.15) is 13.2 Å². The summed E-state index contributed by atoms with van der Waals surface area (Å²) in [5, 5.41) is 7.71.